The van der Waals surface area contributed by atoms with Gasteiger partial charge in [-0.25, -0.2) is 4.98 Å². The first-order valence-electron chi connectivity index (χ1n) is 9.21. The number of aromatic nitrogens is 2. The van der Waals surface area contributed by atoms with Crippen LogP contribution in [0, 0.1) is 6.92 Å². The predicted molar refractivity (Wildman–Crippen MR) is 113 cm³/mol. The summed E-state index contributed by atoms with van der Waals surface area (Å²) in [6.07, 6.45) is 0. The smallest absolute Gasteiger partial charge is 0.229 e. The molecule has 0 atom stereocenters. The first-order valence-corrected chi connectivity index (χ1v) is 9.21. The molecule has 2 aromatic carbocycles. The Hall–Kier alpha value is -3.28. The molecule has 0 spiro atoms. The summed E-state index contributed by atoms with van der Waals surface area (Å²) < 4.78 is 10.7. The number of hydrogen-bond donors (Lipinski definition) is 2. The molecule has 0 amide bonds. The van der Waals surface area contributed by atoms with Crippen molar-refractivity contribution in [3.05, 3.63) is 59.8 Å². The van der Waals surface area contributed by atoms with Gasteiger partial charge in [-0.1, -0.05) is 32.0 Å². The van der Waals surface area contributed by atoms with Gasteiger partial charge in [0.1, 0.15) is 17.3 Å². The number of nitrogens with one attached hydrogen (secondary N) is 2. The Morgan fingerprint density at radius 1 is 0.857 bits per heavy atom. The molecular weight excluding hydrogens is 352 g/mol. The van der Waals surface area contributed by atoms with E-state index in [0.717, 1.165) is 28.6 Å². The van der Waals surface area contributed by atoms with Crippen LogP contribution in [-0.4, -0.2) is 24.2 Å². The molecule has 0 fully saturated rings. The summed E-state index contributed by atoms with van der Waals surface area (Å²) in [4.78, 5) is 9.12. The maximum absolute atomic E-state index is 5.44. The first kappa shape index (κ1) is 19.5. The van der Waals surface area contributed by atoms with Crippen molar-refractivity contribution in [1.29, 1.82) is 0 Å². The second-order valence-electron chi connectivity index (χ2n) is 6.78. The molecule has 0 radical (unpaired) electrons. The van der Waals surface area contributed by atoms with E-state index in [1.807, 2.05) is 37.3 Å². The Balaban J connectivity index is 1.89. The van der Waals surface area contributed by atoms with Crippen molar-refractivity contribution in [3.8, 4) is 11.5 Å². The van der Waals surface area contributed by atoms with Gasteiger partial charge in [0.15, 0.2) is 0 Å². The highest BCUT2D eigenvalue weighted by Gasteiger charge is 2.10. The molecule has 2 N–H and O–H groups in total. The van der Waals surface area contributed by atoms with Crippen molar-refractivity contribution in [2.45, 2.75) is 26.7 Å². The zero-order chi connectivity index (χ0) is 20.1. The molecule has 3 rings (SSSR count). The average Bonchev–Trinajstić information content (AvgIpc) is 2.68. The van der Waals surface area contributed by atoms with E-state index in [1.165, 1.54) is 5.56 Å². The largest absolute Gasteiger partial charge is 0.497 e. The number of benzene rings is 2. The molecule has 0 aliphatic carbocycles. The van der Waals surface area contributed by atoms with E-state index in [-0.39, 0.29) is 0 Å². The number of methoxy groups -OCH3 is 2. The second kappa shape index (κ2) is 8.61. The van der Waals surface area contributed by atoms with E-state index >= 15 is 0 Å². The standard InChI is InChI=1S/C22H26N4O2/c1-14(2)17-8-6-7-9-18(17)24-21-12-15(3)23-22(26-21)25-19-11-10-16(27-4)13-20(19)28-5/h6-14H,1-5H3,(H2,23,24,25,26). The number of ether oxygens (including phenoxy) is 2. The Morgan fingerprint density at radius 2 is 1.64 bits per heavy atom. The number of aryl methyl sites for hydroxylation is 1. The van der Waals surface area contributed by atoms with Crippen LogP contribution in [0.5, 0.6) is 11.5 Å². The number of hydrogen-bond acceptors (Lipinski definition) is 6. The van der Waals surface area contributed by atoms with Gasteiger partial charge in [-0.15, -0.1) is 0 Å². The highest BCUT2D eigenvalue weighted by atomic mass is 16.5. The molecule has 1 heterocycles. The van der Waals surface area contributed by atoms with E-state index < -0.39 is 0 Å². The third-order valence-corrected chi connectivity index (χ3v) is 4.35. The van der Waals surface area contributed by atoms with Crippen LogP contribution in [0.25, 0.3) is 0 Å². The normalized spacial score (nSPS) is 10.6. The second-order valence-corrected chi connectivity index (χ2v) is 6.78. The van der Waals surface area contributed by atoms with E-state index in [9.17, 15) is 0 Å². The fraction of sp³-hybridized carbons (Fsp3) is 0.273. The molecule has 146 valence electrons. The Kier molecular flexibility index (Phi) is 5.99. The van der Waals surface area contributed by atoms with Gasteiger partial charge in [0, 0.05) is 23.5 Å². The minimum atomic E-state index is 0.410. The van der Waals surface area contributed by atoms with Crippen molar-refractivity contribution in [2.75, 3.05) is 24.9 Å². The van der Waals surface area contributed by atoms with Crippen LogP contribution in [0.3, 0.4) is 0 Å². The summed E-state index contributed by atoms with van der Waals surface area (Å²) in [5.74, 6) is 3.01. The van der Waals surface area contributed by atoms with Crippen LogP contribution in [0.1, 0.15) is 31.0 Å². The van der Waals surface area contributed by atoms with E-state index in [4.69, 9.17) is 9.47 Å². The van der Waals surface area contributed by atoms with Gasteiger partial charge in [0.2, 0.25) is 5.95 Å². The van der Waals surface area contributed by atoms with Gasteiger partial charge in [-0.3, -0.25) is 0 Å². The highest BCUT2D eigenvalue weighted by Crippen LogP contribution is 2.31. The fourth-order valence-corrected chi connectivity index (χ4v) is 2.96. The van der Waals surface area contributed by atoms with Crippen LogP contribution in [0.4, 0.5) is 23.1 Å². The Bertz CT molecular complexity index is 957. The molecule has 28 heavy (non-hydrogen) atoms. The molecule has 0 saturated heterocycles. The van der Waals surface area contributed by atoms with Gasteiger partial charge >= 0.3 is 0 Å². The topological polar surface area (TPSA) is 68.3 Å². The number of nitrogens with zero attached hydrogens (tertiary/aromatic N) is 2. The van der Waals surface area contributed by atoms with Crippen molar-refractivity contribution in [3.63, 3.8) is 0 Å². The minimum absolute atomic E-state index is 0.410. The summed E-state index contributed by atoms with van der Waals surface area (Å²) in [5.41, 5.74) is 3.91. The van der Waals surface area contributed by atoms with Crippen LogP contribution in [0.15, 0.2) is 48.5 Å². The lowest BCUT2D eigenvalue weighted by molar-refractivity contribution is 0.395. The summed E-state index contributed by atoms with van der Waals surface area (Å²) in [5, 5.41) is 6.66. The van der Waals surface area contributed by atoms with E-state index in [0.29, 0.717) is 17.6 Å². The zero-order valence-electron chi connectivity index (χ0n) is 16.9. The van der Waals surface area contributed by atoms with Crippen molar-refractivity contribution in [1.82, 2.24) is 9.97 Å². The fourth-order valence-electron chi connectivity index (χ4n) is 2.96. The Labute approximate surface area is 166 Å². The molecule has 0 aliphatic heterocycles. The van der Waals surface area contributed by atoms with Gasteiger partial charge in [-0.2, -0.15) is 4.98 Å². The lowest BCUT2D eigenvalue weighted by Crippen LogP contribution is -2.05. The van der Waals surface area contributed by atoms with Crippen molar-refractivity contribution in [2.24, 2.45) is 0 Å². The van der Waals surface area contributed by atoms with E-state index in [1.54, 1.807) is 14.2 Å². The quantitative estimate of drug-likeness (QED) is 0.573. The van der Waals surface area contributed by atoms with Crippen molar-refractivity contribution >= 4 is 23.1 Å². The molecule has 0 bridgehead atoms. The maximum Gasteiger partial charge on any atom is 0.229 e. The summed E-state index contributed by atoms with van der Waals surface area (Å²) in [7, 11) is 3.24. The number of rotatable bonds is 7. The average molecular weight is 378 g/mol. The van der Waals surface area contributed by atoms with Crippen LogP contribution in [0.2, 0.25) is 0 Å². The van der Waals surface area contributed by atoms with Crippen LogP contribution in [-0.2, 0) is 0 Å². The summed E-state index contributed by atoms with van der Waals surface area (Å²) >= 11 is 0. The van der Waals surface area contributed by atoms with Gasteiger partial charge in [0.05, 0.1) is 19.9 Å². The molecule has 3 aromatic rings. The molecule has 6 nitrogen and oxygen atoms in total. The number of anilines is 4. The van der Waals surface area contributed by atoms with Crippen LogP contribution < -0.4 is 20.1 Å². The SMILES string of the molecule is COc1ccc(Nc2nc(C)cc(Nc3ccccc3C(C)C)n2)c(OC)c1. The van der Waals surface area contributed by atoms with Gasteiger partial charge in [0.25, 0.3) is 0 Å². The molecule has 6 heteroatoms. The monoisotopic (exact) mass is 378 g/mol. The molecule has 0 saturated carbocycles. The summed E-state index contributed by atoms with van der Waals surface area (Å²) in [6, 6.07) is 15.7. The predicted octanol–water partition coefficient (Wildman–Crippen LogP) is 5.41. The maximum atomic E-state index is 5.44. The molecule has 0 unspecified atom stereocenters. The zero-order valence-corrected chi connectivity index (χ0v) is 16.9. The molecule has 1 aromatic heterocycles. The lowest BCUT2D eigenvalue weighted by atomic mass is 10.0. The minimum Gasteiger partial charge on any atom is -0.497 e. The third-order valence-electron chi connectivity index (χ3n) is 4.35. The third kappa shape index (κ3) is 4.52. The molecule has 0 aliphatic rings. The number of para-hydroxylation sites is 1. The van der Waals surface area contributed by atoms with Crippen molar-refractivity contribution < 1.29 is 9.47 Å². The van der Waals surface area contributed by atoms with Crippen LogP contribution >= 0.6 is 0 Å². The lowest BCUT2D eigenvalue weighted by Gasteiger charge is -2.16. The first-order chi connectivity index (χ1) is 13.5. The Morgan fingerprint density at radius 3 is 2.36 bits per heavy atom. The highest BCUT2D eigenvalue weighted by molar-refractivity contribution is 5.67. The van der Waals surface area contributed by atoms with Gasteiger partial charge in [-0.05, 0) is 36.6 Å². The van der Waals surface area contributed by atoms with Gasteiger partial charge < -0.3 is 20.1 Å². The molecular formula is C22H26N4O2. The summed E-state index contributed by atoms with van der Waals surface area (Å²) in [6.45, 7) is 6.29. The van der Waals surface area contributed by atoms with E-state index in [2.05, 4.69) is 52.6 Å².